The van der Waals surface area contributed by atoms with Gasteiger partial charge in [-0.2, -0.15) is 0 Å². The number of ether oxygens (including phenoxy) is 1. The summed E-state index contributed by atoms with van der Waals surface area (Å²) in [5.74, 6) is 0.808. The van der Waals surface area contributed by atoms with Crippen molar-refractivity contribution in [3.8, 4) is 0 Å². The standard InChI is InChI=1S/C14H19N3O2/c1-19-14(18)12-7-2-3-8-17(12)13-10-5-4-6-11(10)15-9-16-13/h9,12H,2-8H2,1H3. The minimum absolute atomic E-state index is 0.148. The van der Waals surface area contributed by atoms with Crippen LogP contribution in [0.5, 0.6) is 0 Å². The lowest BCUT2D eigenvalue weighted by Crippen LogP contribution is -2.46. The van der Waals surface area contributed by atoms with Gasteiger partial charge in [0.15, 0.2) is 0 Å². The van der Waals surface area contributed by atoms with Crippen LogP contribution in [0.25, 0.3) is 0 Å². The lowest BCUT2D eigenvalue weighted by molar-refractivity contribution is -0.142. The quantitative estimate of drug-likeness (QED) is 0.755. The zero-order chi connectivity index (χ0) is 13.2. The maximum absolute atomic E-state index is 11.9. The van der Waals surface area contributed by atoms with Crippen LogP contribution in [0.3, 0.4) is 0 Å². The van der Waals surface area contributed by atoms with Crippen molar-refractivity contribution in [2.75, 3.05) is 18.6 Å². The second kappa shape index (κ2) is 5.15. The summed E-state index contributed by atoms with van der Waals surface area (Å²) < 4.78 is 4.94. The van der Waals surface area contributed by atoms with Gasteiger partial charge in [0.25, 0.3) is 0 Å². The molecule has 1 fully saturated rings. The van der Waals surface area contributed by atoms with Gasteiger partial charge in [0.05, 0.1) is 7.11 Å². The molecule has 3 rings (SSSR count). The van der Waals surface area contributed by atoms with E-state index in [1.165, 1.54) is 12.7 Å². The van der Waals surface area contributed by atoms with Crippen LogP contribution in [0.2, 0.25) is 0 Å². The van der Waals surface area contributed by atoms with Gasteiger partial charge in [0.2, 0.25) is 0 Å². The smallest absolute Gasteiger partial charge is 0.328 e. The normalized spacial score (nSPS) is 22.2. The number of aryl methyl sites for hydroxylation is 1. The molecule has 19 heavy (non-hydrogen) atoms. The second-order valence-corrected chi connectivity index (χ2v) is 5.20. The third kappa shape index (κ3) is 2.17. The topological polar surface area (TPSA) is 55.3 Å². The average Bonchev–Trinajstić information content (AvgIpc) is 2.94. The summed E-state index contributed by atoms with van der Waals surface area (Å²) in [5.41, 5.74) is 2.39. The maximum atomic E-state index is 11.9. The Bertz CT molecular complexity index is 490. The predicted molar refractivity (Wildman–Crippen MR) is 71.1 cm³/mol. The molecule has 2 aliphatic rings. The van der Waals surface area contributed by atoms with Gasteiger partial charge in [0.1, 0.15) is 18.2 Å². The number of hydrogen-bond donors (Lipinski definition) is 0. The van der Waals surface area contributed by atoms with E-state index in [1.54, 1.807) is 6.33 Å². The molecule has 0 spiro atoms. The Morgan fingerprint density at radius 3 is 3.05 bits per heavy atom. The molecule has 2 heterocycles. The third-order valence-electron chi connectivity index (χ3n) is 4.10. The van der Waals surface area contributed by atoms with Crippen molar-refractivity contribution >= 4 is 11.8 Å². The number of carbonyl (C=O) groups is 1. The Hall–Kier alpha value is -1.65. The van der Waals surface area contributed by atoms with Crippen molar-refractivity contribution in [3.63, 3.8) is 0 Å². The zero-order valence-corrected chi connectivity index (χ0v) is 11.3. The molecule has 0 bridgehead atoms. The predicted octanol–water partition coefficient (Wildman–Crippen LogP) is 1.50. The van der Waals surface area contributed by atoms with Crippen LogP contribution in [-0.2, 0) is 22.4 Å². The zero-order valence-electron chi connectivity index (χ0n) is 11.3. The van der Waals surface area contributed by atoms with Gasteiger partial charge < -0.3 is 9.64 Å². The molecular weight excluding hydrogens is 242 g/mol. The SMILES string of the molecule is COC(=O)C1CCCCN1c1ncnc2c1CCC2. The molecule has 0 radical (unpaired) electrons. The van der Waals surface area contributed by atoms with E-state index >= 15 is 0 Å². The number of esters is 1. The summed E-state index contributed by atoms with van der Waals surface area (Å²) in [5, 5.41) is 0. The van der Waals surface area contributed by atoms with Gasteiger partial charge in [-0.1, -0.05) is 0 Å². The van der Waals surface area contributed by atoms with Crippen molar-refractivity contribution < 1.29 is 9.53 Å². The van der Waals surface area contributed by atoms with Crippen LogP contribution >= 0.6 is 0 Å². The third-order valence-corrected chi connectivity index (χ3v) is 4.10. The van der Waals surface area contributed by atoms with Crippen molar-refractivity contribution in [2.24, 2.45) is 0 Å². The van der Waals surface area contributed by atoms with Crippen LogP contribution in [0.15, 0.2) is 6.33 Å². The molecule has 1 atom stereocenters. The van der Waals surface area contributed by atoms with Gasteiger partial charge in [-0.3, -0.25) is 0 Å². The van der Waals surface area contributed by atoms with Crippen LogP contribution < -0.4 is 4.90 Å². The Labute approximate surface area is 113 Å². The molecule has 5 heteroatoms. The van der Waals surface area contributed by atoms with Crippen LogP contribution in [-0.4, -0.2) is 35.6 Å². The summed E-state index contributed by atoms with van der Waals surface area (Å²) in [7, 11) is 1.46. The minimum Gasteiger partial charge on any atom is -0.467 e. The number of carbonyl (C=O) groups excluding carboxylic acids is 1. The Morgan fingerprint density at radius 1 is 1.32 bits per heavy atom. The molecule has 1 aromatic heterocycles. The van der Waals surface area contributed by atoms with Crippen molar-refractivity contribution in [1.82, 2.24) is 9.97 Å². The molecule has 1 unspecified atom stereocenters. The number of nitrogens with zero attached hydrogens (tertiary/aromatic N) is 3. The van der Waals surface area contributed by atoms with Gasteiger partial charge in [0, 0.05) is 17.8 Å². The van der Waals surface area contributed by atoms with Gasteiger partial charge in [-0.25, -0.2) is 14.8 Å². The summed E-state index contributed by atoms with van der Waals surface area (Å²) in [6, 6.07) is -0.182. The van der Waals surface area contributed by atoms with Gasteiger partial charge in [-0.05, 0) is 38.5 Å². The number of rotatable bonds is 2. The first-order valence-corrected chi connectivity index (χ1v) is 6.98. The second-order valence-electron chi connectivity index (χ2n) is 5.20. The number of aromatic nitrogens is 2. The number of methoxy groups -OCH3 is 1. The van der Waals surface area contributed by atoms with E-state index in [0.29, 0.717) is 0 Å². The summed E-state index contributed by atoms with van der Waals surface area (Å²) in [6.07, 6.45) is 7.85. The Morgan fingerprint density at radius 2 is 2.21 bits per heavy atom. The fourth-order valence-electron chi connectivity index (χ4n) is 3.16. The monoisotopic (exact) mass is 261 g/mol. The largest absolute Gasteiger partial charge is 0.467 e. The summed E-state index contributed by atoms with van der Waals surface area (Å²) in [4.78, 5) is 22.9. The van der Waals surface area contributed by atoms with E-state index in [2.05, 4.69) is 14.9 Å². The molecule has 0 amide bonds. The molecular formula is C14H19N3O2. The van der Waals surface area contributed by atoms with Gasteiger partial charge in [-0.15, -0.1) is 0 Å². The van der Waals surface area contributed by atoms with E-state index < -0.39 is 0 Å². The Balaban J connectivity index is 1.95. The molecule has 0 N–H and O–H groups in total. The van der Waals surface area contributed by atoms with E-state index in [0.717, 1.165) is 56.6 Å². The first-order chi connectivity index (χ1) is 9.31. The van der Waals surface area contributed by atoms with Crippen molar-refractivity contribution in [1.29, 1.82) is 0 Å². The van der Waals surface area contributed by atoms with Crippen LogP contribution in [0, 0.1) is 0 Å². The number of hydrogen-bond acceptors (Lipinski definition) is 5. The molecule has 102 valence electrons. The minimum atomic E-state index is -0.182. The number of anilines is 1. The maximum Gasteiger partial charge on any atom is 0.328 e. The highest BCUT2D eigenvalue weighted by Gasteiger charge is 2.33. The van der Waals surface area contributed by atoms with Crippen molar-refractivity contribution in [2.45, 2.75) is 44.6 Å². The molecule has 0 aromatic carbocycles. The average molecular weight is 261 g/mol. The van der Waals surface area contributed by atoms with E-state index in [1.807, 2.05) is 0 Å². The van der Waals surface area contributed by atoms with E-state index in [4.69, 9.17) is 4.74 Å². The number of fused-ring (bicyclic) bond motifs is 1. The molecule has 5 nitrogen and oxygen atoms in total. The van der Waals surface area contributed by atoms with Crippen LogP contribution in [0.1, 0.15) is 36.9 Å². The van der Waals surface area contributed by atoms with Crippen LogP contribution in [0.4, 0.5) is 5.82 Å². The fourth-order valence-corrected chi connectivity index (χ4v) is 3.16. The molecule has 1 saturated heterocycles. The highest BCUT2D eigenvalue weighted by Crippen LogP contribution is 2.31. The molecule has 1 aliphatic carbocycles. The summed E-state index contributed by atoms with van der Waals surface area (Å²) >= 11 is 0. The molecule has 1 aromatic rings. The van der Waals surface area contributed by atoms with Crippen molar-refractivity contribution in [3.05, 3.63) is 17.6 Å². The lowest BCUT2D eigenvalue weighted by Gasteiger charge is -2.35. The highest BCUT2D eigenvalue weighted by molar-refractivity contribution is 5.80. The lowest BCUT2D eigenvalue weighted by atomic mass is 10.0. The van der Waals surface area contributed by atoms with Gasteiger partial charge >= 0.3 is 5.97 Å². The molecule has 1 aliphatic heterocycles. The first-order valence-electron chi connectivity index (χ1n) is 6.98. The fraction of sp³-hybridized carbons (Fsp3) is 0.643. The highest BCUT2D eigenvalue weighted by atomic mass is 16.5. The Kier molecular flexibility index (Phi) is 3.36. The van der Waals surface area contributed by atoms with E-state index in [-0.39, 0.29) is 12.0 Å². The number of piperidine rings is 1. The molecule has 0 saturated carbocycles. The first kappa shape index (κ1) is 12.4. The summed E-state index contributed by atoms with van der Waals surface area (Å²) in [6.45, 7) is 0.878. The van der Waals surface area contributed by atoms with E-state index in [9.17, 15) is 4.79 Å².